The maximum atomic E-state index is 13.4. The summed E-state index contributed by atoms with van der Waals surface area (Å²) in [5.41, 5.74) is 0.300. The highest BCUT2D eigenvalue weighted by molar-refractivity contribution is 7.91. The van der Waals surface area contributed by atoms with Crippen LogP contribution in [-0.2, 0) is 10.0 Å². The van der Waals surface area contributed by atoms with Crippen LogP contribution in [-0.4, -0.2) is 20.1 Å². The molecule has 2 N–H and O–H groups in total. The van der Waals surface area contributed by atoms with Crippen LogP contribution in [0, 0.1) is 5.82 Å². The molecule has 0 bridgehead atoms. The second kappa shape index (κ2) is 6.19. The molecule has 0 aliphatic rings. The van der Waals surface area contributed by atoms with Crippen LogP contribution in [0.15, 0.2) is 39.9 Å². The lowest BCUT2D eigenvalue weighted by molar-refractivity contribution is 0.258. The molecule has 0 saturated heterocycles. The van der Waals surface area contributed by atoms with E-state index in [1.54, 1.807) is 11.4 Å². The van der Waals surface area contributed by atoms with Gasteiger partial charge < -0.3 is 5.11 Å². The van der Waals surface area contributed by atoms with E-state index in [1.165, 1.54) is 18.2 Å². The van der Waals surface area contributed by atoms with Crippen molar-refractivity contribution in [3.63, 3.8) is 0 Å². The molecule has 108 valence electrons. The van der Waals surface area contributed by atoms with E-state index in [4.69, 9.17) is 11.6 Å². The fourth-order valence-electron chi connectivity index (χ4n) is 1.60. The van der Waals surface area contributed by atoms with E-state index in [1.807, 2.05) is 0 Å². The molecule has 1 aromatic carbocycles. The summed E-state index contributed by atoms with van der Waals surface area (Å²) in [6.45, 7) is -0.494. The molecule has 0 spiro atoms. The number of aliphatic hydroxyl groups is 1. The van der Waals surface area contributed by atoms with E-state index in [9.17, 15) is 17.9 Å². The molecule has 0 radical (unpaired) electrons. The Bertz CT molecular complexity index is 689. The third kappa shape index (κ3) is 3.36. The summed E-state index contributed by atoms with van der Waals surface area (Å²) in [6, 6.07) is 5.99. The fraction of sp³-hybridized carbons (Fsp3) is 0.167. The molecule has 0 aliphatic carbocycles. The summed E-state index contributed by atoms with van der Waals surface area (Å²) in [6.07, 6.45) is 0. The van der Waals surface area contributed by atoms with Gasteiger partial charge in [0.25, 0.3) is 10.0 Å². The van der Waals surface area contributed by atoms with E-state index in [2.05, 4.69) is 4.72 Å². The summed E-state index contributed by atoms with van der Waals surface area (Å²) in [5, 5.41) is 10.9. The first-order valence-corrected chi connectivity index (χ1v) is 8.30. The molecule has 1 heterocycles. The minimum atomic E-state index is -3.75. The zero-order valence-corrected chi connectivity index (χ0v) is 12.5. The Labute approximate surface area is 124 Å². The number of nitrogens with one attached hydrogen (secondary N) is 1. The molecule has 0 saturated carbocycles. The predicted molar refractivity (Wildman–Crippen MR) is 75.9 cm³/mol. The number of aliphatic hydroxyl groups excluding tert-OH is 1. The zero-order valence-electron chi connectivity index (χ0n) is 10.1. The number of rotatable bonds is 5. The Hall–Kier alpha value is -0.990. The van der Waals surface area contributed by atoms with Gasteiger partial charge in [0.2, 0.25) is 0 Å². The lowest BCUT2D eigenvalue weighted by atomic mass is 10.1. The largest absolute Gasteiger partial charge is 0.394 e. The summed E-state index contributed by atoms with van der Waals surface area (Å²) in [5.74, 6) is -0.669. The van der Waals surface area contributed by atoms with Crippen LogP contribution in [0.1, 0.15) is 11.6 Å². The molecule has 8 heteroatoms. The highest BCUT2D eigenvalue weighted by atomic mass is 35.5. The lowest BCUT2D eigenvalue weighted by Gasteiger charge is -2.16. The van der Waals surface area contributed by atoms with Crippen molar-refractivity contribution >= 4 is 33.0 Å². The van der Waals surface area contributed by atoms with Gasteiger partial charge in [-0.15, -0.1) is 11.3 Å². The quantitative estimate of drug-likeness (QED) is 0.882. The van der Waals surface area contributed by atoms with Crippen molar-refractivity contribution in [2.24, 2.45) is 0 Å². The van der Waals surface area contributed by atoms with Gasteiger partial charge in [-0.3, -0.25) is 0 Å². The van der Waals surface area contributed by atoms with Gasteiger partial charge in [0.1, 0.15) is 10.0 Å². The normalized spacial score (nSPS) is 13.3. The van der Waals surface area contributed by atoms with Gasteiger partial charge in [-0.1, -0.05) is 23.7 Å². The van der Waals surface area contributed by atoms with E-state index in [-0.39, 0.29) is 9.23 Å². The molecule has 1 aromatic heterocycles. The molecule has 1 atom stereocenters. The highest BCUT2D eigenvalue weighted by Gasteiger charge is 2.22. The van der Waals surface area contributed by atoms with Gasteiger partial charge >= 0.3 is 0 Å². The Balaban J connectivity index is 2.27. The summed E-state index contributed by atoms with van der Waals surface area (Å²) >= 11 is 6.62. The molecule has 2 aromatic rings. The summed E-state index contributed by atoms with van der Waals surface area (Å²) in [4.78, 5) is 0. The van der Waals surface area contributed by atoms with E-state index in [0.29, 0.717) is 5.56 Å². The first-order valence-electron chi connectivity index (χ1n) is 5.55. The summed E-state index contributed by atoms with van der Waals surface area (Å²) < 4.78 is 40.0. The first-order chi connectivity index (χ1) is 9.44. The number of hydrogen-bond acceptors (Lipinski definition) is 4. The maximum absolute atomic E-state index is 13.4. The molecule has 0 aliphatic heterocycles. The van der Waals surface area contributed by atoms with Gasteiger partial charge in [0, 0.05) is 0 Å². The predicted octanol–water partition coefficient (Wildman–Crippen LogP) is 2.55. The molecule has 1 unspecified atom stereocenters. The van der Waals surface area contributed by atoms with Crippen LogP contribution >= 0.6 is 22.9 Å². The van der Waals surface area contributed by atoms with E-state index < -0.39 is 28.5 Å². The van der Waals surface area contributed by atoms with Gasteiger partial charge in [-0.25, -0.2) is 17.5 Å². The van der Waals surface area contributed by atoms with Crippen LogP contribution < -0.4 is 4.72 Å². The van der Waals surface area contributed by atoms with Crippen molar-refractivity contribution in [2.45, 2.75) is 10.3 Å². The average Bonchev–Trinajstić information content (AvgIpc) is 2.94. The SMILES string of the molecule is O=S(=O)(NC(CO)c1ccc(Cl)c(F)c1)c1cccs1. The molecule has 0 amide bonds. The number of thiophene rings is 1. The van der Waals surface area contributed by atoms with Crippen LogP contribution in [0.5, 0.6) is 0 Å². The second-order valence-corrected chi connectivity index (χ2v) is 7.26. The minimum absolute atomic E-state index is 0.0634. The Morgan fingerprint density at radius 3 is 2.70 bits per heavy atom. The van der Waals surface area contributed by atoms with Crippen molar-refractivity contribution < 1.29 is 17.9 Å². The number of hydrogen-bond donors (Lipinski definition) is 2. The third-order valence-electron chi connectivity index (χ3n) is 2.59. The van der Waals surface area contributed by atoms with Crippen LogP contribution in [0.25, 0.3) is 0 Å². The topological polar surface area (TPSA) is 66.4 Å². The van der Waals surface area contributed by atoms with E-state index in [0.717, 1.165) is 17.4 Å². The van der Waals surface area contributed by atoms with Crippen molar-refractivity contribution in [2.75, 3.05) is 6.61 Å². The molecule has 20 heavy (non-hydrogen) atoms. The van der Waals surface area contributed by atoms with Gasteiger partial charge in [-0.2, -0.15) is 0 Å². The molecular formula is C12H11ClFNO3S2. The summed E-state index contributed by atoms with van der Waals surface area (Å²) in [7, 11) is -3.75. The van der Waals surface area contributed by atoms with E-state index >= 15 is 0 Å². The number of benzene rings is 1. The van der Waals surface area contributed by atoms with Gasteiger partial charge in [-0.05, 0) is 29.1 Å². The maximum Gasteiger partial charge on any atom is 0.250 e. The Kier molecular flexibility index (Phi) is 4.77. The minimum Gasteiger partial charge on any atom is -0.394 e. The Morgan fingerprint density at radius 1 is 1.40 bits per heavy atom. The highest BCUT2D eigenvalue weighted by Crippen LogP contribution is 2.23. The number of sulfonamides is 1. The van der Waals surface area contributed by atoms with Crippen molar-refractivity contribution in [1.29, 1.82) is 0 Å². The second-order valence-electron chi connectivity index (χ2n) is 3.96. The number of halogens is 2. The van der Waals surface area contributed by atoms with Crippen molar-refractivity contribution in [3.8, 4) is 0 Å². The van der Waals surface area contributed by atoms with Crippen LogP contribution in [0.2, 0.25) is 5.02 Å². The van der Waals surface area contributed by atoms with Crippen LogP contribution in [0.4, 0.5) is 4.39 Å². The standard InChI is InChI=1S/C12H11ClFNO3S2/c13-9-4-3-8(6-10(9)14)11(7-16)15-20(17,18)12-2-1-5-19-12/h1-6,11,15-16H,7H2. The van der Waals surface area contributed by atoms with Crippen LogP contribution in [0.3, 0.4) is 0 Å². The average molecular weight is 336 g/mol. The third-order valence-corrected chi connectivity index (χ3v) is 5.76. The molecule has 4 nitrogen and oxygen atoms in total. The lowest BCUT2D eigenvalue weighted by Crippen LogP contribution is -2.30. The molecule has 2 rings (SSSR count). The van der Waals surface area contributed by atoms with Gasteiger partial charge in [0.15, 0.2) is 0 Å². The smallest absolute Gasteiger partial charge is 0.250 e. The van der Waals surface area contributed by atoms with Crippen molar-refractivity contribution in [3.05, 3.63) is 52.1 Å². The molecule has 0 fully saturated rings. The first kappa shape index (κ1) is 15.4. The fourth-order valence-corrected chi connectivity index (χ4v) is 3.94. The Morgan fingerprint density at radius 2 is 2.15 bits per heavy atom. The molecular weight excluding hydrogens is 325 g/mol. The van der Waals surface area contributed by atoms with Crippen molar-refractivity contribution in [1.82, 2.24) is 4.72 Å². The van der Waals surface area contributed by atoms with Gasteiger partial charge in [0.05, 0.1) is 17.7 Å². The monoisotopic (exact) mass is 335 g/mol. The zero-order chi connectivity index (χ0) is 14.8.